The Hall–Kier alpha value is -0.550. The quantitative estimate of drug-likeness (QED) is 0.316. The van der Waals surface area contributed by atoms with E-state index in [2.05, 4.69) is 15.9 Å². The van der Waals surface area contributed by atoms with Gasteiger partial charge in [0.05, 0.1) is 0 Å². The van der Waals surface area contributed by atoms with E-state index in [1.54, 1.807) is 12.1 Å². The van der Waals surface area contributed by atoms with Crippen molar-refractivity contribution in [2.75, 3.05) is 0 Å². The van der Waals surface area contributed by atoms with E-state index in [9.17, 15) is 9.90 Å². The molecule has 0 spiro atoms. The molecular formula is C11H6BrNaO3. The monoisotopic (exact) mass is 288 g/mol. The molecular weight excluding hydrogens is 283 g/mol. The predicted molar refractivity (Wildman–Crippen MR) is 57.4 cm³/mol. The average Bonchev–Trinajstić information content (AvgIpc) is 2.60. The van der Waals surface area contributed by atoms with Crippen molar-refractivity contribution in [2.24, 2.45) is 0 Å². The second-order valence-electron chi connectivity index (χ2n) is 2.96. The third kappa shape index (κ3) is 2.77. The molecule has 2 rings (SSSR count). The number of hydrogen-bond donors (Lipinski definition) is 0. The van der Waals surface area contributed by atoms with Crippen LogP contribution < -0.4 is 34.7 Å². The second kappa shape index (κ2) is 5.68. The Morgan fingerprint density at radius 3 is 2.81 bits per heavy atom. The van der Waals surface area contributed by atoms with E-state index in [0.717, 1.165) is 15.9 Å². The SMILES string of the molecule is O=C(/C=C/[O-])c1cc2cc(Br)ccc2o1.[Na+]. The maximum absolute atomic E-state index is 11.3. The van der Waals surface area contributed by atoms with Gasteiger partial charge < -0.3 is 9.52 Å². The van der Waals surface area contributed by atoms with E-state index < -0.39 is 5.78 Å². The number of halogens is 1. The van der Waals surface area contributed by atoms with Crippen LogP contribution in [0.25, 0.3) is 11.0 Å². The summed E-state index contributed by atoms with van der Waals surface area (Å²) in [6.45, 7) is 0. The molecule has 1 aromatic heterocycles. The molecule has 0 saturated carbocycles. The standard InChI is InChI=1S/C11H7BrO3.Na/c12-8-1-2-10-7(5-8)6-11(15-10)9(14)3-4-13;/h1-6,13H;/q;+1/p-1/b4-3+;. The zero-order chi connectivity index (χ0) is 10.8. The van der Waals surface area contributed by atoms with Crippen molar-refractivity contribution >= 4 is 32.7 Å². The van der Waals surface area contributed by atoms with E-state index in [4.69, 9.17) is 4.42 Å². The third-order valence-electron chi connectivity index (χ3n) is 1.94. The van der Waals surface area contributed by atoms with E-state index in [1.165, 1.54) is 0 Å². The molecule has 0 fully saturated rings. The number of carbonyl (C=O) groups excluding carboxylic acids is 1. The van der Waals surface area contributed by atoms with Crippen molar-refractivity contribution in [3.05, 3.63) is 46.8 Å². The molecule has 0 radical (unpaired) electrons. The molecule has 0 amide bonds. The van der Waals surface area contributed by atoms with Gasteiger partial charge in [0.1, 0.15) is 5.58 Å². The van der Waals surface area contributed by atoms with Gasteiger partial charge in [0, 0.05) is 9.86 Å². The summed E-state index contributed by atoms with van der Waals surface area (Å²) in [5.41, 5.74) is 0.626. The molecule has 0 aliphatic carbocycles. The Labute approximate surface area is 123 Å². The molecule has 5 heteroatoms. The molecule has 0 atom stereocenters. The number of benzene rings is 1. The molecule has 0 saturated heterocycles. The number of ketones is 1. The third-order valence-corrected chi connectivity index (χ3v) is 2.43. The van der Waals surface area contributed by atoms with Crippen molar-refractivity contribution in [1.29, 1.82) is 0 Å². The Morgan fingerprint density at radius 1 is 1.38 bits per heavy atom. The molecule has 0 unspecified atom stereocenters. The largest absolute Gasteiger partial charge is 1.00 e. The Kier molecular flexibility index (Phi) is 4.80. The Bertz CT molecular complexity index is 545. The van der Waals surface area contributed by atoms with Gasteiger partial charge in [-0.3, -0.25) is 4.79 Å². The van der Waals surface area contributed by atoms with Gasteiger partial charge in [0.15, 0.2) is 5.76 Å². The van der Waals surface area contributed by atoms with Gasteiger partial charge in [-0.2, -0.15) is 0 Å². The molecule has 0 aliphatic heterocycles. The van der Waals surface area contributed by atoms with Gasteiger partial charge >= 0.3 is 29.6 Å². The van der Waals surface area contributed by atoms with Gasteiger partial charge in [0.25, 0.3) is 0 Å². The topological polar surface area (TPSA) is 53.3 Å². The van der Waals surface area contributed by atoms with Crippen LogP contribution in [0, 0.1) is 0 Å². The van der Waals surface area contributed by atoms with E-state index >= 15 is 0 Å². The van der Waals surface area contributed by atoms with Crippen LogP contribution in [-0.4, -0.2) is 5.78 Å². The summed E-state index contributed by atoms with van der Waals surface area (Å²) < 4.78 is 6.19. The molecule has 0 bridgehead atoms. The van der Waals surface area contributed by atoms with Crippen LogP contribution in [0.3, 0.4) is 0 Å². The number of fused-ring (bicyclic) bond motifs is 1. The van der Waals surface area contributed by atoms with Crippen LogP contribution in [0.4, 0.5) is 0 Å². The smallest absolute Gasteiger partial charge is 0.878 e. The summed E-state index contributed by atoms with van der Waals surface area (Å²) in [5.74, 6) is -0.243. The zero-order valence-electron chi connectivity index (χ0n) is 8.57. The van der Waals surface area contributed by atoms with Crippen molar-refractivity contribution in [3.63, 3.8) is 0 Å². The fourth-order valence-electron chi connectivity index (χ4n) is 1.28. The van der Waals surface area contributed by atoms with Crippen molar-refractivity contribution < 1.29 is 43.9 Å². The first kappa shape index (κ1) is 13.5. The van der Waals surface area contributed by atoms with Crippen LogP contribution in [0.2, 0.25) is 0 Å². The number of carbonyl (C=O) groups is 1. The minimum absolute atomic E-state index is 0. The van der Waals surface area contributed by atoms with Gasteiger partial charge in [-0.25, -0.2) is 0 Å². The molecule has 1 heterocycles. The van der Waals surface area contributed by atoms with Crippen LogP contribution >= 0.6 is 15.9 Å². The molecule has 1 aromatic carbocycles. The second-order valence-corrected chi connectivity index (χ2v) is 3.88. The summed E-state index contributed by atoms with van der Waals surface area (Å²) in [6.07, 6.45) is 1.39. The fraction of sp³-hybridized carbons (Fsp3) is 0. The maximum atomic E-state index is 11.3. The van der Waals surface area contributed by atoms with Crippen molar-refractivity contribution in [3.8, 4) is 0 Å². The van der Waals surface area contributed by atoms with E-state index in [0.29, 0.717) is 11.8 Å². The normalized spacial score (nSPS) is 10.6. The number of hydrogen-bond acceptors (Lipinski definition) is 3. The minimum Gasteiger partial charge on any atom is -0.878 e. The van der Waals surface area contributed by atoms with E-state index in [-0.39, 0.29) is 35.3 Å². The van der Waals surface area contributed by atoms with Gasteiger partial charge in [-0.05, 0) is 30.3 Å². The van der Waals surface area contributed by atoms with Crippen molar-refractivity contribution in [1.82, 2.24) is 0 Å². The van der Waals surface area contributed by atoms with Crippen molar-refractivity contribution in [2.45, 2.75) is 0 Å². The summed E-state index contributed by atoms with van der Waals surface area (Å²) in [4.78, 5) is 11.3. The van der Waals surface area contributed by atoms with Gasteiger partial charge in [-0.1, -0.05) is 15.9 Å². The van der Waals surface area contributed by atoms with Crippen LogP contribution in [0.15, 0.2) is 45.5 Å². The van der Waals surface area contributed by atoms with Crippen LogP contribution in [-0.2, 0) is 0 Å². The average molecular weight is 289 g/mol. The molecule has 0 N–H and O–H groups in total. The summed E-state index contributed by atoms with van der Waals surface area (Å²) in [6, 6.07) is 7.04. The minimum atomic E-state index is -0.419. The number of furan rings is 1. The number of rotatable bonds is 2. The molecule has 16 heavy (non-hydrogen) atoms. The van der Waals surface area contributed by atoms with Crippen LogP contribution in [0.5, 0.6) is 0 Å². The molecule has 76 valence electrons. The zero-order valence-corrected chi connectivity index (χ0v) is 12.2. The van der Waals surface area contributed by atoms with Gasteiger partial charge in [0.2, 0.25) is 5.78 Å². The first-order chi connectivity index (χ1) is 7.20. The summed E-state index contributed by atoms with van der Waals surface area (Å²) >= 11 is 3.32. The predicted octanol–water partition coefficient (Wildman–Crippen LogP) is -0.744. The fourth-order valence-corrected chi connectivity index (χ4v) is 1.66. The summed E-state index contributed by atoms with van der Waals surface area (Å²) in [7, 11) is 0. The van der Waals surface area contributed by atoms with E-state index in [1.807, 2.05) is 12.1 Å². The van der Waals surface area contributed by atoms with Crippen LogP contribution in [0.1, 0.15) is 10.6 Å². The maximum Gasteiger partial charge on any atom is 1.00 e. The first-order valence-electron chi connectivity index (χ1n) is 4.22. The first-order valence-corrected chi connectivity index (χ1v) is 5.02. The Morgan fingerprint density at radius 2 is 2.12 bits per heavy atom. The molecule has 2 aromatic rings. The van der Waals surface area contributed by atoms with Gasteiger partial charge in [-0.15, -0.1) is 6.26 Å². The molecule has 0 aliphatic rings. The number of allylic oxidation sites excluding steroid dienone is 1. The molecule has 3 nitrogen and oxygen atoms in total. The Balaban J connectivity index is 0.00000128. The summed E-state index contributed by atoms with van der Waals surface area (Å²) in [5, 5.41) is 11.0.